The third-order valence-electron chi connectivity index (χ3n) is 4.08. The largest absolute Gasteiger partial charge is 1.00 e. The van der Waals surface area contributed by atoms with Gasteiger partial charge in [-0.2, -0.15) is 0 Å². The van der Waals surface area contributed by atoms with Gasteiger partial charge in [-0.25, -0.2) is 0 Å². The van der Waals surface area contributed by atoms with Crippen molar-refractivity contribution in [2.45, 2.75) is 47.9 Å². The monoisotopic (exact) mass is 464 g/mol. The second-order valence-electron chi connectivity index (χ2n) is 5.96. The summed E-state index contributed by atoms with van der Waals surface area (Å²) in [5.74, 6) is 0. The summed E-state index contributed by atoms with van der Waals surface area (Å²) in [5, 5.41) is 0. The molecular formula is C16H22Cl2Hf. The van der Waals surface area contributed by atoms with Crippen molar-refractivity contribution >= 4 is 0 Å². The van der Waals surface area contributed by atoms with Crippen molar-refractivity contribution in [3.8, 4) is 0 Å². The molecule has 2 aliphatic carbocycles. The molecule has 2 aliphatic rings. The summed E-state index contributed by atoms with van der Waals surface area (Å²) in [5.41, 5.74) is 6.10. The van der Waals surface area contributed by atoms with E-state index in [1.165, 1.54) is 11.1 Å². The van der Waals surface area contributed by atoms with E-state index in [1.807, 2.05) is 0 Å². The van der Waals surface area contributed by atoms with Gasteiger partial charge in [-0.15, -0.1) is 0 Å². The molecule has 0 aromatic carbocycles. The van der Waals surface area contributed by atoms with Crippen LogP contribution in [0.2, 0.25) is 6.34 Å². The van der Waals surface area contributed by atoms with Gasteiger partial charge < -0.3 is 24.8 Å². The van der Waals surface area contributed by atoms with Crippen LogP contribution in [-0.2, 0) is 22.9 Å². The van der Waals surface area contributed by atoms with E-state index in [-0.39, 0.29) is 24.8 Å². The minimum absolute atomic E-state index is 0. The predicted molar refractivity (Wildman–Crippen MR) is 71.8 cm³/mol. The van der Waals surface area contributed by atoms with Crippen LogP contribution in [0.5, 0.6) is 0 Å². The maximum absolute atomic E-state index is 2.52. The van der Waals surface area contributed by atoms with Gasteiger partial charge in [0.05, 0.1) is 0 Å². The molecule has 2 unspecified atom stereocenters. The number of halogens is 2. The molecule has 0 saturated heterocycles. The van der Waals surface area contributed by atoms with E-state index in [0.717, 1.165) is 0 Å². The van der Waals surface area contributed by atoms with Crippen molar-refractivity contribution in [1.29, 1.82) is 0 Å². The van der Waals surface area contributed by atoms with Gasteiger partial charge in [0.1, 0.15) is 0 Å². The molecule has 0 spiro atoms. The quantitative estimate of drug-likeness (QED) is 0.473. The first-order valence-corrected chi connectivity index (χ1v) is 9.90. The molecule has 0 bridgehead atoms. The Hall–Kier alpha value is 0.410. The maximum atomic E-state index is 2.52. The molecule has 19 heavy (non-hydrogen) atoms. The molecular weight excluding hydrogens is 442 g/mol. The van der Waals surface area contributed by atoms with Gasteiger partial charge in [0, 0.05) is 0 Å². The van der Waals surface area contributed by atoms with Gasteiger partial charge in [-0.3, -0.25) is 0 Å². The normalized spacial score (nSPS) is 32.3. The van der Waals surface area contributed by atoms with Crippen molar-refractivity contribution in [2.24, 2.45) is 0 Å². The third kappa shape index (κ3) is 3.74. The summed E-state index contributed by atoms with van der Waals surface area (Å²) in [4.78, 5) is 0. The Morgan fingerprint density at radius 3 is 1.26 bits per heavy atom. The molecule has 0 nitrogen and oxygen atoms in total. The summed E-state index contributed by atoms with van der Waals surface area (Å²) in [7, 11) is 0. The first-order valence-electron chi connectivity index (χ1n) is 6.31. The van der Waals surface area contributed by atoms with Gasteiger partial charge in [0.25, 0.3) is 0 Å². The summed E-state index contributed by atoms with van der Waals surface area (Å²) < 4.78 is 0.851. The zero-order valence-electron chi connectivity index (χ0n) is 12.6. The van der Waals surface area contributed by atoms with Crippen LogP contribution in [0.25, 0.3) is 0 Å². The smallest absolute Gasteiger partial charge is 1.00 e. The molecule has 0 N–H and O–H groups in total. The number of hydrogen-bond acceptors (Lipinski definition) is 0. The van der Waals surface area contributed by atoms with Crippen molar-refractivity contribution in [1.82, 2.24) is 0 Å². The Kier molecular flexibility index (Phi) is 6.59. The molecule has 0 aromatic rings. The van der Waals surface area contributed by atoms with E-state index in [0.29, 0.717) is 6.34 Å². The van der Waals surface area contributed by atoms with E-state index >= 15 is 0 Å². The van der Waals surface area contributed by atoms with Crippen LogP contribution in [0, 0.1) is 0 Å². The topological polar surface area (TPSA) is 0 Å². The summed E-state index contributed by atoms with van der Waals surface area (Å²) in [6.45, 7) is 14.0. The van der Waals surface area contributed by atoms with Crippen LogP contribution >= 0.6 is 0 Å². The molecule has 0 saturated carbocycles. The third-order valence-corrected chi connectivity index (χ3v) is 11.7. The maximum Gasteiger partial charge on any atom is -1.00 e. The van der Waals surface area contributed by atoms with Crippen molar-refractivity contribution in [3.05, 3.63) is 46.6 Å². The zero-order chi connectivity index (χ0) is 12.8. The number of hydrogen-bond donors (Lipinski definition) is 0. The van der Waals surface area contributed by atoms with Crippen LogP contribution in [0.4, 0.5) is 0 Å². The molecule has 3 heteroatoms. The van der Waals surface area contributed by atoms with Gasteiger partial charge in [-0.1, -0.05) is 0 Å². The van der Waals surface area contributed by atoms with Gasteiger partial charge in [-0.05, 0) is 0 Å². The Morgan fingerprint density at radius 2 is 1.05 bits per heavy atom. The summed E-state index contributed by atoms with van der Waals surface area (Å²) in [6, 6.07) is 0. The van der Waals surface area contributed by atoms with Crippen molar-refractivity contribution in [3.63, 3.8) is 0 Å². The molecule has 0 aliphatic heterocycles. The standard InChI is InChI=1S/2C8H11.2ClH.Hf/c2*1-6-4-7(2)8(3)5-6;;;/h2*4-5H,1-3H3;2*1H;/q;;;;+2/p-2. The van der Waals surface area contributed by atoms with Crippen LogP contribution < -0.4 is 24.8 Å². The Morgan fingerprint density at radius 1 is 0.737 bits per heavy atom. The van der Waals surface area contributed by atoms with Crippen LogP contribution in [0.3, 0.4) is 0 Å². The van der Waals surface area contributed by atoms with Crippen molar-refractivity contribution in [2.75, 3.05) is 0 Å². The number of rotatable bonds is 2. The Labute approximate surface area is 141 Å². The molecule has 2 atom stereocenters. The van der Waals surface area contributed by atoms with Gasteiger partial charge in [0.15, 0.2) is 0 Å². The van der Waals surface area contributed by atoms with E-state index in [1.54, 1.807) is 11.1 Å². The van der Waals surface area contributed by atoms with Gasteiger partial charge >= 0.3 is 117 Å². The summed E-state index contributed by atoms with van der Waals surface area (Å²) >= 11 is -0.859. The van der Waals surface area contributed by atoms with Crippen molar-refractivity contribution < 1.29 is 47.7 Å². The van der Waals surface area contributed by atoms with E-state index < -0.39 is 22.9 Å². The fraction of sp³-hybridized carbons (Fsp3) is 0.500. The number of allylic oxidation sites excluding steroid dienone is 8. The zero-order valence-corrected chi connectivity index (χ0v) is 17.7. The average molecular weight is 464 g/mol. The van der Waals surface area contributed by atoms with Crippen LogP contribution in [0.1, 0.15) is 41.5 Å². The predicted octanol–water partition coefficient (Wildman–Crippen LogP) is -0.753. The van der Waals surface area contributed by atoms with Crippen LogP contribution in [-0.4, -0.2) is 0 Å². The van der Waals surface area contributed by atoms with E-state index in [4.69, 9.17) is 0 Å². The Balaban J connectivity index is 0.00000162. The average Bonchev–Trinajstić information content (AvgIpc) is 2.51. The first kappa shape index (κ1) is 19.4. The minimum atomic E-state index is -0.859. The minimum Gasteiger partial charge on any atom is -1.00 e. The second-order valence-corrected chi connectivity index (χ2v) is 14.3. The molecule has 0 heterocycles. The fourth-order valence-corrected chi connectivity index (χ4v) is 11.0. The first-order chi connectivity index (χ1) is 7.75. The SMILES string of the molecule is CC1=C[C](C)([Hf+2][C]2(C)C=C(C)C=C2C)C(C)=C1.[Cl-].[Cl-]. The molecule has 104 valence electrons. The van der Waals surface area contributed by atoms with E-state index in [9.17, 15) is 0 Å². The second kappa shape index (κ2) is 6.45. The van der Waals surface area contributed by atoms with Crippen LogP contribution in [0.15, 0.2) is 46.6 Å². The van der Waals surface area contributed by atoms with E-state index in [2.05, 4.69) is 65.8 Å². The fourth-order valence-electron chi connectivity index (χ4n) is 3.01. The molecule has 0 amide bonds. The Bertz CT molecular complexity index is 441. The molecule has 0 radical (unpaired) electrons. The van der Waals surface area contributed by atoms with Gasteiger partial charge in [0.2, 0.25) is 0 Å². The molecule has 0 fully saturated rings. The molecule has 0 aromatic heterocycles. The summed E-state index contributed by atoms with van der Waals surface area (Å²) in [6.07, 6.45) is 9.79. The molecule has 2 rings (SSSR count).